The molecule has 0 aromatic heterocycles. The predicted molar refractivity (Wildman–Crippen MR) is 103 cm³/mol. The molecule has 2 aromatic rings. The van der Waals surface area contributed by atoms with Gasteiger partial charge in [0.1, 0.15) is 0 Å². The van der Waals surface area contributed by atoms with E-state index < -0.39 is 0 Å². The van der Waals surface area contributed by atoms with E-state index in [1.165, 1.54) is 9.13 Å². The van der Waals surface area contributed by atoms with Crippen LogP contribution in [-0.2, 0) is 6.42 Å². The molecule has 2 rings (SSSR count). The number of rotatable bonds is 6. The average molecular weight is 479 g/mol. The summed E-state index contributed by atoms with van der Waals surface area (Å²) in [7, 11) is 0. The molecule has 0 aliphatic heterocycles. The second-order valence-corrected chi connectivity index (χ2v) is 7.57. The normalized spacial score (nSPS) is 12.4. The van der Waals surface area contributed by atoms with Crippen LogP contribution in [0.15, 0.2) is 46.9 Å². The molecule has 112 valence electrons. The second-order valence-electron chi connectivity index (χ2n) is 5.00. The van der Waals surface area contributed by atoms with Crippen LogP contribution in [0.1, 0.15) is 30.5 Å². The van der Waals surface area contributed by atoms with Gasteiger partial charge in [0.05, 0.1) is 0 Å². The monoisotopic (exact) mass is 477 g/mol. The van der Waals surface area contributed by atoms with E-state index in [1.807, 2.05) is 6.07 Å². The van der Waals surface area contributed by atoms with E-state index in [2.05, 4.69) is 87.2 Å². The van der Waals surface area contributed by atoms with Crippen molar-refractivity contribution in [1.82, 2.24) is 5.32 Å². The minimum absolute atomic E-state index is 0.241. The molecule has 0 heterocycles. The largest absolute Gasteiger partial charge is 0.310 e. The number of hydrogen-bond acceptors (Lipinski definition) is 1. The molecule has 4 heteroatoms. The first kappa shape index (κ1) is 17.3. The quantitative estimate of drug-likeness (QED) is 0.503. The summed E-state index contributed by atoms with van der Waals surface area (Å²) in [5.74, 6) is 0. The van der Waals surface area contributed by atoms with Crippen molar-refractivity contribution in [2.75, 3.05) is 6.54 Å². The van der Waals surface area contributed by atoms with Gasteiger partial charge in [-0.15, -0.1) is 0 Å². The van der Waals surface area contributed by atoms with E-state index in [0.717, 1.165) is 34.4 Å². The molecule has 1 nitrogen and oxygen atoms in total. The van der Waals surface area contributed by atoms with Gasteiger partial charge in [0.15, 0.2) is 0 Å². The maximum absolute atomic E-state index is 6.42. The van der Waals surface area contributed by atoms with Gasteiger partial charge >= 0.3 is 0 Å². The number of halogens is 3. The van der Waals surface area contributed by atoms with E-state index in [9.17, 15) is 0 Å². The lowest BCUT2D eigenvalue weighted by atomic mass is 9.98. The van der Waals surface area contributed by atoms with Crippen LogP contribution in [0.5, 0.6) is 0 Å². The van der Waals surface area contributed by atoms with Gasteiger partial charge in [-0.1, -0.05) is 52.7 Å². The van der Waals surface area contributed by atoms with Gasteiger partial charge in [-0.2, -0.15) is 0 Å². The van der Waals surface area contributed by atoms with E-state index in [4.69, 9.17) is 11.6 Å². The molecule has 21 heavy (non-hydrogen) atoms. The highest BCUT2D eigenvalue weighted by atomic mass is 127. The number of benzene rings is 2. The van der Waals surface area contributed by atoms with Crippen LogP contribution in [0, 0.1) is 3.57 Å². The molecule has 0 amide bonds. The lowest BCUT2D eigenvalue weighted by Gasteiger charge is -2.20. The summed E-state index contributed by atoms with van der Waals surface area (Å²) >= 11 is 12.2. The molecule has 1 unspecified atom stereocenters. The highest BCUT2D eigenvalue weighted by Crippen LogP contribution is 2.28. The summed E-state index contributed by atoms with van der Waals surface area (Å²) < 4.78 is 2.27. The fourth-order valence-corrected chi connectivity index (χ4v) is 3.42. The van der Waals surface area contributed by atoms with Crippen molar-refractivity contribution in [3.05, 3.63) is 66.7 Å². The van der Waals surface area contributed by atoms with Crippen molar-refractivity contribution >= 4 is 50.1 Å². The predicted octanol–water partition coefficient (Wildman–Crippen LogP) is 5.99. The zero-order valence-corrected chi connectivity index (χ0v) is 16.4. The van der Waals surface area contributed by atoms with Crippen molar-refractivity contribution in [1.29, 1.82) is 0 Å². The Morgan fingerprint density at radius 1 is 1.19 bits per heavy atom. The van der Waals surface area contributed by atoms with Crippen molar-refractivity contribution < 1.29 is 0 Å². The zero-order valence-electron chi connectivity index (χ0n) is 11.9. The Morgan fingerprint density at radius 2 is 1.90 bits per heavy atom. The van der Waals surface area contributed by atoms with Crippen LogP contribution in [0.2, 0.25) is 5.02 Å². The smallest absolute Gasteiger partial charge is 0.0465 e. The van der Waals surface area contributed by atoms with Gasteiger partial charge in [-0.25, -0.2) is 0 Å². The topological polar surface area (TPSA) is 12.0 Å². The van der Waals surface area contributed by atoms with Crippen LogP contribution in [0.25, 0.3) is 0 Å². The van der Waals surface area contributed by atoms with Crippen molar-refractivity contribution in [2.45, 2.75) is 25.8 Å². The first-order chi connectivity index (χ1) is 10.1. The minimum atomic E-state index is 0.241. The fraction of sp³-hybridized carbons (Fsp3) is 0.294. The molecule has 0 fully saturated rings. The second kappa shape index (κ2) is 8.51. The first-order valence-electron chi connectivity index (χ1n) is 7.03. The first-order valence-corrected chi connectivity index (χ1v) is 9.28. The molecule has 0 aliphatic carbocycles. The fourth-order valence-electron chi connectivity index (χ4n) is 2.25. The van der Waals surface area contributed by atoms with Gasteiger partial charge in [-0.3, -0.25) is 0 Å². The SMILES string of the molecule is CCCNC(Cc1ccc(I)cc1)c1ccc(Br)cc1Cl. The molecule has 0 spiro atoms. The zero-order chi connectivity index (χ0) is 15.2. The van der Waals surface area contributed by atoms with Crippen LogP contribution in [0.3, 0.4) is 0 Å². The highest BCUT2D eigenvalue weighted by molar-refractivity contribution is 14.1. The molecule has 0 bridgehead atoms. The maximum atomic E-state index is 6.42. The standard InChI is InChI=1S/C17H18BrClIN/c1-2-9-21-17(10-12-3-6-14(20)7-4-12)15-8-5-13(18)11-16(15)19/h3-8,11,17,21H,2,9-10H2,1H3. The van der Waals surface area contributed by atoms with E-state index in [0.29, 0.717) is 0 Å². The average Bonchev–Trinajstić information content (AvgIpc) is 2.46. The third kappa shape index (κ3) is 5.23. The Balaban J connectivity index is 2.22. The summed E-state index contributed by atoms with van der Waals surface area (Å²) in [6.45, 7) is 3.17. The van der Waals surface area contributed by atoms with Crippen LogP contribution in [-0.4, -0.2) is 6.54 Å². The Hall–Kier alpha value is -0.100. The molecule has 1 N–H and O–H groups in total. The van der Waals surface area contributed by atoms with Crippen LogP contribution >= 0.6 is 50.1 Å². The molecular formula is C17H18BrClIN. The van der Waals surface area contributed by atoms with Crippen LogP contribution < -0.4 is 5.32 Å². The molecule has 1 atom stereocenters. The van der Waals surface area contributed by atoms with Crippen molar-refractivity contribution in [2.24, 2.45) is 0 Å². The molecule has 2 aromatic carbocycles. The summed E-state index contributed by atoms with van der Waals surface area (Å²) in [6.07, 6.45) is 2.05. The Labute approximate surface area is 153 Å². The third-order valence-electron chi connectivity index (χ3n) is 3.33. The Bertz CT molecular complexity index is 586. The van der Waals surface area contributed by atoms with Gasteiger partial charge in [0.2, 0.25) is 0 Å². The molecule has 0 radical (unpaired) electrons. The number of nitrogens with one attached hydrogen (secondary N) is 1. The molecule has 0 aliphatic rings. The Morgan fingerprint density at radius 3 is 2.52 bits per heavy atom. The summed E-state index contributed by atoms with van der Waals surface area (Å²) in [4.78, 5) is 0. The lowest BCUT2D eigenvalue weighted by molar-refractivity contribution is 0.529. The summed E-state index contributed by atoms with van der Waals surface area (Å²) in [5, 5.41) is 4.42. The van der Waals surface area contributed by atoms with E-state index in [-0.39, 0.29) is 6.04 Å². The molecular weight excluding hydrogens is 460 g/mol. The third-order valence-corrected chi connectivity index (χ3v) is 4.87. The summed E-state index contributed by atoms with van der Waals surface area (Å²) in [6, 6.07) is 15.0. The van der Waals surface area contributed by atoms with Gasteiger partial charge in [0, 0.05) is 19.1 Å². The number of hydrogen-bond donors (Lipinski definition) is 1. The van der Waals surface area contributed by atoms with Crippen LogP contribution in [0.4, 0.5) is 0 Å². The van der Waals surface area contributed by atoms with Gasteiger partial charge in [0.25, 0.3) is 0 Å². The van der Waals surface area contributed by atoms with Gasteiger partial charge in [-0.05, 0) is 77.4 Å². The van der Waals surface area contributed by atoms with Crippen molar-refractivity contribution in [3.8, 4) is 0 Å². The van der Waals surface area contributed by atoms with Gasteiger partial charge < -0.3 is 5.32 Å². The van der Waals surface area contributed by atoms with Crippen molar-refractivity contribution in [3.63, 3.8) is 0 Å². The maximum Gasteiger partial charge on any atom is 0.0465 e. The Kier molecular flexibility index (Phi) is 6.99. The molecule has 0 saturated heterocycles. The highest BCUT2D eigenvalue weighted by Gasteiger charge is 2.15. The lowest BCUT2D eigenvalue weighted by Crippen LogP contribution is -2.24. The van der Waals surface area contributed by atoms with E-state index >= 15 is 0 Å². The molecule has 0 saturated carbocycles. The summed E-state index contributed by atoms with van der Waals surface area (Å²) in [5.41, 5.74) is 2.48. The minimum Gasteiger partial charge on any atom is -0.310 e. The van der Waals surface area contributed by atoms with E-state index in [1.54, 1.807) is 0 Å².